The Bertz CT molecular complexity index is 1960. The zero-order valence-electron chi connectivity index (χ0n) is 33.1. The van der Waals surface area contributed by atoms with E-state index < -0.39 is 0 Å². The fourth-order valence-electron chi connectivity index (χ4n) is 6.18. The molecule has 0 nitrogen and oxygen atoms in total. The average Bonchev–Trinajstić information content (AvgIpc) is 3.88. The molecule has 290 valence electrons. The van der Waals surface area contributed by atoms with Crippen LogP contribution in [0.4, 0.5) is 0 Å². The van der Waals surface area contributed by atoms with Gasteiger partial charge < -0.3 is 0 Å². The SMILES string of the molecule is CC(C)(C)c1cc2c([c-]c1-c1ccccc1)Cc1cc(-c3ccccc3)c(C(C)(C)C)cc1-2.Cl.Cl.Clc1cc[c-]cc1.Clc1cc[c-]cc1.[C-]1=CC=CC1.[CH2]=[Zr]. The Hall–Kier alpha value is -3.29. The Labute approximate surface area is 374 Å². The van der Waals surface area contributed by atoms with Gasteiger partial charge in [0.15, 0.2) is 0 Å². The molecule has 0 saturated heterocycles. The average molecular weight is 896 g/mol. The van der Waals surface area contributed by atoms with Crippen LogP contribution in [0.2, 0.25) is 10.0 Å². The minimum absolute atomic E-state index is 0. The van der Waals surface area contributed by atoms with Gasteiger partial charge in [0.2, 0.25) is 0 Å². The number of hydrogen-bond acceptors (Lipinski definition) is 0. The Balaban J connectivity index is 0.000000382. The summed E-state index contributed by atoms with van der Waals surface area (Å²) in [5, 5.41) is 1.53. The van der Waals surface area contributed by atoms with Crippen molar-refractivity contribution in [2.24, 2.45) is 0 Å². The van der Waals surface area contributed by atoms with Crippen molar-refractivity contribution in [3.63, 3.8) is 0 Å². The molecule has 6 aromatic carbocycles. The van der Waals surface area contributed by atoms with Crippen molar-refractivity contribution in [2.45, 2.75) is 65.2 Å². The summed E-state index contributed by atoms with van der Waals surface area (Å²) in [5.41, 5.74) is 13.5. The summed E-state index contributed by atoms with van der Waals surface area (Å²) in [5.74, 6) is 0. The van der Waals surface area contributed by atoms with E-state index in [9.17, 15) is 0 Å². The molecule has 0 amide bonds. The summed E-state index contributed by atoms with van der Waals surface area (Å²) in [4.78, 5) is 0. The Morgan fingerprint density at radius 1 is 0.589 bits per heavy atom. The second-order valence-electron chi connectivity index (χ2n) is 14.9. The van der Waals surface area contributed by atoms with Gasteiger partial charge in [-0.3, -0.25) is 6.08 Å². The Morgan fingerprint density at radius 2 is 1.07 bits per heavy atom. The monoisotopic (exact) mass is 892 g/mol. The molecule has 0 unspecified atom stereocenters. The molecule has 0 N–H and O–H groups in total. The Kier molecular flexibility index (Phi) is 20.8. The molecular formula is C51H50Cl4Zr-4. The third-order valence-electron chi connectivity index (χ3n) is 8.76. The molecule has 8 rings (SSSR count). The van der Waals surface area contributed by atoms with Crippen LogP contribution in [0.3, 0.4) is 0 Å². The molecule has 0 heterocycles. The molecule has 0 radical (unpaired) electrons. The van der Waals surface area contributed by atoms with Gasteiger partial charge in [0.05, 0.1) is 0 Å². The molecule has 0 saturated carbocycles. The first-order chi connectivity index (χ1) is 25.9. The maximum atomic E-state index is 5.52. The number of rotatable bonds is 2. The first-order valence-corrected chi connectivity index (χ1v) is 20.6. The van der Waals surface area contributed by atoms with E-state index in [0.29, 0.717) is 0 Å². The molecule has 0 aliphatic heterocycles. The van der Waals surface area contributed by atoms with Gasteiger partial charge in [-0.2, -0.15) is 66.7 Å². The topological polar surface area (TPSA) is 0 Å². The van der Waals surface area contributed by atoms with Gasteiger partial charge in [0, 0.05) is 0 Å². The zero-order chi connectivity index (χ0) is 39.1. The fourth-order valence-corrected chi connectivity index (χ4v) is 6.43. The van der Waals surface area contributed by atoms with E-state index in [1.807, 2.05) is 12.2 Å². The van der Waals surface area contributed by atoms with Crippen LogP contribution in [0.1, 0.15) is 70.2 Å². The normalized spacial score (nSPS) is 11.5. The summed E-state index contributed by atoms with van der Waals surface area (Å²) < 4.78 is 3.34. The van der Waals surface area contributed by atoms with Crippen LogP contribution in [0.25, 0.3) is 33.4 Å². The van der Waals surface area contributed by atoms with Crippen LogP contribution in [-0.2, 0) is 41.5 Å². The van der Waals surface area contributed by atoms with Gasteiger partial charge >= 0.3 is 28.4 Å². The molecular weight excluding hydrogens is 846 g/mol. The van der Waals surface area contributed by atoms with Gasteiger partial charge in [-0.15, -0.1) is 83.3 Å². The van der Waals surface area contributed by atoms with E-state index in [1.54, 1.807) is 48.5 Å². The van der Waals surface area contributed by atoms with E-state index in [-0.39, 0.29) is 35.6 Å². The fraction of sp³-hybridized carbons (Fsp3) is 0.196. The van der Waals surface area contributed by atoms with Crippen LogP contribution >= 0.6 is 48.0 Å². The molecule has 0 bridgehead atoms. The predicted octanol–water partition coefficient (Wildman–Crippen LogP) is 15.4. The number of allylic oxidation sites excluding steroid dienone is 4. The van der Waals surface area contributed by atoms with Gasteiger partial charge in [0.25, 0.3) is 0 Å². The van der Waals surface area contributed by atoms with Gasteiger partial charge in [-0.25, -0.2) is 12.2 Å². The molecule has 0 atom stereocenters. The van der Waals surface area contributed by atoms with Crippen molar-refractivity contribution in [2.75, 3.05) is 0 Å². The third kappa shape index (κ3) is 14.3. The predicted molar refractivity (Wildman–Crippen MR) is 246 cm³/mol. The van der Waals surface area contributed by atoms with Crippen molar-refractivity contribution in [1.82, 2.24) is 0 Å². The Morgan fingerprint density at radius 3 is 1.46 bits per heavy atom. The van der Waals surface area contributed by atoms with Crippen molar-refractivity contribution in [1.29, 1.82) is 0 Å². The van der Waals surface area contributed by atoms with E-state index in [2.05, 4.69) is 155 Å². The third-order valence-corrected chi connectivity index (χ3v) is 9.27. The summed E-state index contributed by atoms with van der Waals surface area (Å²) in [6.07, 6.45) is 10.9. The molecule has 6 aromatic rings. The van der Waals surface area contributed by atoms with E-state index >= 15 is 0 Å². The van der Waals surface area contributed by atoms with Crippen LogP contribution in [0.15, 0.2) is 146 Å². The first kappa shape index (κ1) is 48.9. The van der Waals surface area contributed by atoms with Gasteiger partial charge in [-0.1, -0.05) is 141 Å². The van der Waals surface area contributed by atoms with Crippen LogP contribution in [0.5, 0.6) is 0 Å². The second-order valence-corrected chi connectivity index (χ2v) is 15.7. The molecule has 5 heteroatoms. The molecule has 0 fully saturated rings. The summed E-state index contributed by atoms with van der Waals surface area (Å²) in [6, 6.07) is 52.8. The van der Waals surface area contributed by atoms with Crippen LogP contribution in [0, 0.1) is 24.3 Å². The first-order valence-electron chi connectivity index (χ1n) is 18.1. The van der Waals surface area contributed by atoms with Gasteiger partial charge in [0.1, 0.15) is 0 Å². The molecule has 0 spiro atoms. The standard InChI is InChI=1S/C33H33.2C6H4Cl.C5H5.CH2.2ClH.Zr/c1-32(2,3)30-20-26-24(18-28(30)22-13-9-7-10-14-22)17-25-19-29(23-15-11-8-12-16-23)31(21-27(25)26)33(4,5)6;2*7-6-4-2-1-3-5-6;1-2-4-5-3-1;;;;/h7-16,18,20-21H,17H2,1-6H3;2*2-5H;1-3H,4H2;1H2;2*1H;/q4*-1;;;;. The van der Waals surface area contributed by atoms with E-state index in [1.165, 1.54) is 79.9 Å². The quantitative estimate of drug-likeness (QED) is 0.152. The minimum atomic E-state index is 0. The van der Waals surface area contributed by atoms with Crippen molar-refractivity contribution < 1.29 is 24.2 Å². The molecule has 0 aromatic heterocycles. The van der Waals surface area contributed by atoms with Crippen molar-refractivity contribution in [3.8, 4) is 33.4 Å². The number of benzene rings is 6. The molecule has 56 heavy (non-hydrogen) atoms. The number of fused-ring (bicyclic) bond motifs is 3. The summed E-state index contributed by atoms with van der Waals surface area (Å²) in [6.45, 7) is 13.9. The summed E-state index contributed by atoms with van der Waals surface area (Å²) >= 11 is 12.3. The number of halogens is 4. The molecule has 2 aliphatic rings. The summed E-state index contributed by atoms with van der Waals surface area (Å²) in [7, 11) is 0. The maximum absolute atomic E-state index is 5.52. The van der Waals surface area contributed by atoms with Crippen molar-refractivity contribution in [3.05, 3.63) is 202 Å². The second kappa shape index (κ2) is 23.8. The van der Waals surface area contributed by atoms with Crippen LogP contribution in [-0.4, -0.2) is 4.21 Å². The van der Waals surface area contributed by atoms with E-state index in [0.717, 1.165) is 22.9 Å². The van der Waals surface area contributed by atoms with E-state index in [4.69, 9.17) is 23.2 Å². The number of hydrogen-bond donors (Lipinski definition) is 0. The zero-order valence-corrected chi connectivity index (χ0v) is 38.7. The van der Waals surface area contributed by atoms with Crippen LogP contribution < -0.4 is 0 Å². The van der Waals surface area contributed by atoms with Crippen molar-refractivity contribution >= 4 is 52.2 Å². The van der Waals surface area contributed by atoms with Gasteiger partial charge in [-0.05, 0) is 39.5 Å². The molecule has 2 aliphatic carbocycles.